The molecule has 0 aliphatic rings. The van der Waals surface area contributed by atoms with E-state index in [1.165, 1.54) is 19.5 Å². The molecule has 0 bridgehead atoms. The number of aromatic hydroxyl groups is 2. The number of thiophene rings is 4. The van der Waals surface area contributed by atoms with Crippen LogP contribution in [-0.4, -0.2) is 22.6 Å². The van der Waals surface area contributed by atoms with E-state index >= 15 is 0 Å². The van der Waals surface area contributed by atoms with Gasteiger partial charge in [0, 0.05) is 29.3 Å². The summed E-state index contributed by atoms with van der Waals surface area (Å²) in [5, 5.41) is 41.4. The van der Waals surface area contributed by atoms with Crippen molar-refractivity contribution in [1.29, 1.82) is 0 Å². The standard InChI is InChI=1S/2C15H10NOS2.Cd/c2*16-9-11-8-10(3-4-12(11)17)13-5-6-15(19-13)14-2-1-7-18-14;/h2*1-9,17H;/q2*-1;+2. The molecule has 0 saturated heterocycles. The Morgan fingerprint density at radius 2 is 0.923 bits per heavy atom. The molecule has 0 aliphatic heterocycles. The van der Waals surface area contributed by atoms with Crippen molar-refractivity contribution in [3.63, 3.8) is 0 Å². The first-order valence-electron chi connectivity index (χ1n) is 11.4. The predicted molar refractivity (Wildman–Crippen MR) is 167 cm³/mol. The summed E-state index contributed by atoms with van der Waals surface area (Å²) in [6.07, 6.45) is 1.85. The molecule has 4 heterocycles. The molecular formula is C30H20CdN2O2S4. The SMILES string of the molecule is [Cd+2].[N-]=Cc1cc(-c2ccc(-c3cccs3)s2)ccc1O.[N-]=Cc1cc(-c2ccc(-c3cccs3)s2)ccc1O. The van der Waals surface area contributed by atoms with Crippen molar-refractivity contribution < 1.29 is 37.5 Å². The van der Waals surface area contributed by atoms with Crippen LogP contribution in [0.15, 0.2) is 95.7 Å². The smallest absolute Gasteiger partial charge is 0.810 e. The zero-order valence-electron chi connectivity index (χ0n) is 20.5. The van der Waals surface area contributed by atoms with Crippen LogP contribution in [0.1, 0.15) is 11.1 Å². The van der Waals surface area contributed by atoms with Gasteiger partial charge in [0.05, 0.1) is 0 Å². The molecule has 0 spiro atoms. The molecule has 0 saturated carbocycles. The van der Waals surface area contributed by atoms with Crippen molar-refractivity contribution >= 4 is 57.8 Å². The van der Waals surface area contributed by atoms with Crippen molar-refractivity contribution in [2.45, 2.75) is 0 Å². The molecule has 9 heteroatoms. The van der Waals surface area contributed by atoms with Gasteiger partial charge in [-0.05, 0) is 106 Å². The molecule has 188 valence electrons. The van der Waals surface area contributed by atoms with Gasteiger partial charge in [-0.25, -0.2) is 0 Å². The molecule has 4 nitrogen and oxygen atoms in total. The number of rotatable bonds is 6. The van der Waals surface area contributed by atoms with Gasteiger partial charge < -0.3 is 21.0 Å². The maximum absolute atomic E-state index is 9.55. The average molecular weight is 681 g/mol. The Morgan fingerprint density at radius 3 is 1.28 bits per heavy atom. The van der Waals surface area contributed by atoms with E-state index in [1.807, 2.05) is 24.3 Å². The molecule has 2 aromatic carbocycles. The van der Waals surface area contributed by atoms with Crippen molar-refractivity contribution in [3.05, 3.63) is 118 Å². The third kappa shape index (κ3) is 6.82. The minimum absolute atomic E-state index is 0. The van der Waals surface area contributed by atoms with E-state index in [4.69, 9.17) is 10.8 Å². The maximum atomic E-state index is 9.55. The van der Waals surface area contributed by atoms with Gasteiger partial charge in [-0.2, -0.15) is 12.4 Å². The third-order valence-electron chi connectivity index (χ3n) is 5.64. The predicted octanol–water partition coefficient (Wildman–Crippen LogP) is 9.67. The fourth-order valence-electron chi connectivity index (χ4n) is 3.71. The van der Waals surface area contributed by atoms with Crippen LogP contribution in [0.25, 0.3) is 51.2 Å². The van der Waals surface area contributed by atoms with Crippen molar-refractivity contribution in [2.24, 2.45) is 0 Å². The van der Waals surface area contributed by atoms with E-state index in [2.05, 4.69) is 47.2 Å². The second-order valence-corrected chi connectivity index (χ2v) is 12.2. The molecule has 39 heavy (non-hydrogen) atoms. The van der Waals surface area contributed by atoms with E-state index in [0.717, 1.165) is 33.3 Å². The van der Waals surface area contributed by atoms with Gasteiger partial charge in [0.25, 0.3) is 0 Å². The number of benzene rings is 2. The Kier molecular flexibility index (Phi) is 10.0. The quantitative estimate of drug-likeness (QED) is 0.136. The number of nitrogens with zero attached hydrogens (tertiary/aromatic N) is 2. The van der Waals surface area contributed by atoms with Crippen LogP contribution < -0.4 is 0 Å². The summed E-state index contributed by atoms with van der Waals surface area (Å²) in [7, 11) is 0. The Hall–Kier alpha value is -2.90. The van der Waals surface area contributed by atoms with E-state index < -0.39 is 0 Å². The molecule has 0 radical (unpaired) electrons. The van der Waals surface area contributed by atoms with E-state index in [1.54, 1.807) is 69.6 Å². The Bertz CT molecular complexity index is 1560. The summed E-state index contributed by atoms with van der Waals surface area (Å²) in [4.78, 5) is 7.20. The van der Waals surface area contributed by atoms with Crippen LogP contribution in [0, 0.1) is 0 Å². The molecule has 4 aromatic heterocycles. The number of hydrogen-bond donors (Lipinski definition) is 2. The monoisotopic (exact) mass is 682 g/mol. The van der Waals surface area contributed by atoms with Crippen LogP contribution in [0.4, 0.5) is 0 Å². The fraction of sp³-hybridized carbons (Fsp3) is 0. The van der Waals surface area contributed by atoms with Gasteiger partial charge in [0.2, 0.25) is 0 Å². The molecule has 6 rings (SSSR count). The fourth-order valence-corrected chi connectivity index (χ4v) is 7.38. The number of hydrogen-bond acceptors (Lipinski definition) is 6. The maximum Gasteiger partial charge on any atom is 2.00 e. The summed E-state index contributed by atoms with van der Waals surface area (Å²) in [6, 6.07) is 27.1. The molecule has 0 unspecified atom stereocenters. The third-order valence-corrected chi connectivity index (χ3v) is 10.0. The Balaban J connectivity index is 0.000000176. The number of phenols is 2. The summed E-state index contributed by atoms with van der Waals surface area (Å²) >= 11 is 6.84. The van der Waals surface area contributed by atoms with Gasteiger partial charge >= 0.3 is 27.3 Å². The van der Waals surface area contributed by atoms with Gasteiger partial charge in [-0.1, -0.05) is 12.1 Å². The van der Waals surface area contributed by atoms with Gasteiger partial charge in [-0.15, -0.1) is 45.3 Å². The second kappa shape index (κ2) is 13.4. The minimum Gasteiger partial charge on any atom is -0.810 e. The molecule has 0 fully saturated rings. The molecular weight excluding hydrogens is 661 g/mol. The molecule has 0 amide bonds. The minimum atomic E-state index is 0. The largest absolute Gasteiger partial charge is 2.00 e. The zero-order valence-corrected chi connectivity index (χ0v) is 27.8. The zero-order chi connectivity index (χ0) is 26.5. The normalized spacial score (nSPS) is 10.3. The first kappa shape index (κ1) is 29.1. The van der Waals surface area contributed by atoms with E-state index in [-0.39, 0.29) is 38.8 Å². The van der Waals surface area contributed by atoms with Crippen LogP contribution >= 0.6 is 45.3 Å². The van der Waals surface area contributed by atoms with E-state index in [0.29, 0.717) is 11.1 Å². The summed E-state index contributed by atoms with van der Waals surface area (Å²) in [5.74, 6) is 0.169. The summed E-state index contributed by atoms with van der Waals surface area (Å²) < 4.78 is 0. The first-order valence-corrected chi connectivity index (χ1v) is 14.8. The van der Waals surface area contributed by atoms with E-state index in [9.17, 15) is 10.2 Å². The van der Waals surface area contributed by atoms with Crippen molar-refractivity contribution in [1.82, 2.24) is 0 Å². The molecule has 0 aliphatic carbocycles. The van der Waals surface area contributed by atoms with Crippen molar-refractivity contribution in [3.8, 4) is 51.9 Å². The van der Waals surface area contributed by atoms with Gasteiger partial charge in [0.15, 0.2) is 0 Å². The topological polar surface area (TPSA) is 85.1 Å². The first-order chi connectivity index (χ1) is 18.6. The summed E-state index contributed by atoms with van der Waals surface area (Å²) in [6.45, 7) is 0. The van der Waals surface area contributed by atoms with Crippen molar-refractivity contribution in [2.75, 3.05) is 0 Å². The second-order valence-electron chi connectivity index (χ2n) is 8.09. The van der Waals surface area contributed by atoms with Crippen LogP contribution in [0.3, 0.4) is 0 Å². The average Bonchev–Trinajstić information content (AvgIpc) is 3.76. The molecule has 0 atom stereocenters. The Labute approximate surface area is 262 Å². The van der Waals surface area contributed by atoms with Gasteiger partial charge in [-0.3, -0.25) is 0 Å². The van der Waals surface area contributed by atoms with Gasteiger partial charge in [0.1, 0.15) is 11.5 Å². The molecule has 2 N–H and O–H groups in total. The van der Waals surface area contributed by atoms with Crippen LogP contribution in [-0.2, 0) is 27.3 Å². The Morgan fingerprint density at radius 1 is 0.513 bits per heavy atom. The number of phenolic OH excluding ortho intramolecular Hbond substituents is 2. The van der Waals surface area contributed by atoms with Crippen LogP contribution in [0.2, 0.25) is 0 Å². The summed E-state index contributed by atoms with van der Waals surface area (Å²) in [5.41, 5.74) is 2.85. The molecule has 6 aromatic rings. The van der Waals surface area contributed by atoms with Crippen LogP contribution in [0.5, 0.6) is 11.5 Å².